The average Bonchev–Trinajstić information content (AvgIpc) is 2.88. The molecule has 0 aromatic heterocycles. The third kappa shape index (κ3) is 5.83. The third-order valence-electron chi connectivity index (χ3n) is 5.57. The molecule has 0 aliphatic carbocycles. The van der Waals surface area contributed by atoms with Gasteiger partial charge >= 0.3 is 0 Å². The fraction of sp³-hybridized carbons (Fsp3) is 0.231. The van der Waals surface area contributed by atoms with Gasteiger partial charge in [0.2, 0.25) is 5.91 Å². The summed E-state index contributed by atoms with van der Waals surface area (Å²) < 4.78 is 10.9. The predicted octanol–water partition coefficient (Wildman–Crippen LogP) is 3.57. The minimum atomic E-state index is -0.286. The van der Waals surface area contributed by atoms with E-state index < -0.39 is 0 Å². The first kappa shape index (κ1) is 22.2. The monoisotopic (exact) mass is 445 g/mol. The summed E-state index contributed by atoms with van der Waals surface area (Å²) in [4.78, 5) is 29.0. The summed E-state index contributed by atoms with van der Waals surface area (Å²) in [5.41, 5.74) is 1.59. The van der Waals surface area contributed by atoms with E-state index in [4.69, 9.17) is 9.47 Å². The number of amides is 2. The standard InChI is InChI=1S/C26H27N3O4/c1-32-22-13-9-21(10-14-22)28-15-17-29(18-16-28)25(30)19-27-26(31)20-7-11-24(12-8-20)33-23-5-3-2-4-6-23/h2-14H,15-19H2,1H3,(H,27,31). The molecule has 0 unspecified atom stereocenters. The van der Waals surface area contributed by atoms with E-state index in [-0.39, 0.29) is 18.4 Å². The highest BCUT2D eigenvalue weighted by atomic mass is 16.5. The summed E-state index contributed by atoms with van der Waals surface area (Å²) in [7, 11) is 1.65. The van der Waals surface area contributed by atoms with Crippen LogP contribution < -0.4 is 19.7 Å². The van der Waals surface area contributed by atoms with Gasteiger partial charge in [0.05, 0.1) is 13.7 Å². The van der Waals surface area contributed by atoms with Crippen LogP contribution in [-0.4, -0.2) is 56.5 Å². The van der Waals surface area contributed by atoms with Crippen LogP contribution in [0.2, 0.25) is 0 Å². The van der Waals surface area contributed by atoms with Gasteiger partial charge in [-0.25, -0.2) is 0 Å². The lowest BCUT2D eigenvalue weighted by molar-refractivity contribution is -0.130. The molecule has 1 N–H and O–H groups in total. The Morgan fingerprint density at radius 1 is 0.788 bits per heavy atom. The van der Waals surface area contributed by atoms with Gasteiger partial charge in [0.15, 0.2) is 0 Å². The van der Waals surface area contributed by atoms with Crippen LogP contribution in [-0.2, 0) is 4.79 Å². The summed E-state index contributed by atoms with van der Waals surface area (Å²) in [6, 6.07) is 24.2. The summed E-state index contributed by atoms with van der Waals surface area (Å²) >= 11 is 0. The van der Waals surface area contributed by atoms with Crippen molar-refractivity contribution in [2.24, 2.45) is 0 Å². The average molecular weight is 446 g/mol. The molecule has 1 aliphatic rings. The number of nitrogens with zero attached hydrogens (tertiary/aromatic N) is 2. The second kappa shape index (κ2) is 10.5. The van der Waals surface area contributed by atoms with Crippen molar-refractivity contribution < 1.29 is 19.1 Å². The fourth-order valence-electron chi connectivity index (χ4n) is 3.68. The second-order valence-corrected chi connectivity index (χ2v) is 7.69. The van der Waals surface area contributed by atoms with Crippen LogP contribution in [0.4, 0.5) is 5.69 Å². The molecular formula is C26H27N3O4. The van der Waals surface area contributed by atoms with E-state index in [2.05, 4.69) is 10.2 Å². The van der Waals surface area contributed by atoms with Gasteiger partial charge in [-0.3, -0.25) is 9.59 Å². The molecule has 0 radical (unpaired) electrons. The Bertz CT molecular complexity index is 1060. The molecule has 2 amide bonds. The summed E-state index contributed by atoms with van der Waals surface area (Å²) in [6.07, 6.45) is 0. The first-order valence-corrected chi connectivity index (χ1v) is 10.9. The minimum absolute atomic E-state index is 0.0242. The Balaban J connectivity index is 1.23. The van der Waals surface area contributed by atoms with Crippen molar-refractivity contribution in [3.8, 4) is 17.2 Å². The topological polar surface area (TPSA) is 71.1 Å². The molecule has 0 spiro atoms. The van der Waals surface area contributed by atoms with E-state index in [9.17, 15) is 9.59 Å². The zero-order valence-electron chi connectivity index (χ0n) is 18.6. The highest BCUT2D eigenvalue weighted by Gasteiger charge is 2.21. The summed E-state index contributed by atoms with van der Waals surface area (Å²) in [5, 5.41) is 2.72. The van der Waals surface area contributed by atoms with E-state index in [0.29, 0.717) is 24.4 Å². The normalized spacial score (nSPS) is 13.4. The van der Waals surface area contributed by atoms with Crippen LogP contribution in [0.25, 0.3) is 0 Å². The van der Waals surface area contributed by atoms with Gasteiger partial charge in [-0.05, 0) is 60.7 Å². The van der Waals surface area contributed by atoms with Crippen molar-refractivity contribution in [1.82, 2.24) is 10.2 Å². The number of hydrogen-bond donors (Lipinski definition) is 1. The number of benzene rings is 3. The first-order chi connectivity index (χ1) is 16.1. The van der Waals surface area contributed by atoms with Crippen molar-refractivity contribution in [3.05, 3.63) is 84.4 Å². The molecule has 3 aromatic carbocycles. The number of para-hydroxylation sites is 1. The zero-order chi connectivity index (χ0) is 23.0. The minimum Gasteiger partial charge on any atom is -0.497 e. The highest BCUT2D eigenvalue weighted by Crippen LogP contribution is 2.22. The smallest absolute Gasteiger partial charge is 0.251 e. The molecule has 33 heavy (non-hydrogen) atoms. The van der Waals surface area contributed by atoms with E-state index in [1.165, 1.54) is 0 Å². The molecule has 3 aromatic rings. The van der Waals surface area contributed by atoms with Crippen molar-refractivity contribution >= 4 is 17.5 Å². The van der Waals surface area contributed by atoms with Crippen molar-refractivity contribution in [2.75, 3.05) is 44.7 Å². The summed E-state index contributed by atoms with van der Waals surface area (Å²) in [6.45, 7) is 2.70. The Hall–Kier alpha value is -4.00. The second-order valence-electron chi connectivity index (χ2n) is 7.69. The number of carbonyl (C=O) groups is 2. The number of hydrogen-bond acceptors (Lipinski definition) is 5. The van der Waals surface area contributed by atoms with Gasteiger partial charge in [-0.1, -0.05) is 18.2 Å². The Morgan fingerprint density at radius 3 is 2.03 bits per heavy atom. The Labute approximate surface area is 193 Å². The zero-order valence-corrected chi connectivity index (χ0v) is 18.6. The quantitative estimate of drug-likeness (QED) is 0.602. The van der Waals surface area contributed by atoms with Crippen LogP contribution in [0.5, 0.6) is 17.2 Å². The Kier molecular flexibility index (Phi) is 7.09. The number of anilines is 1. The molecule has 1 aliphatic heterocycles. The number of piperazine rings is 1. The lowest BCUT2D eigenvalue weighted by atomic mass is 10.2. The first-order valence-electron chi connectivity index (χ1n) is 10.9. The largest absolute Gasteiger partial charge is 0.497 e. The number of methoxy groups -OCH3 is 1. The predicted molar refractivity (Wildman–Crippen MR) is 127 cm³/mol. The van der Waals surface area contributed by atoms with Crippen LogP contribution in [0, 0.1) is 0 Å². The molecular weight excluding hydrogens is 418 g/mol. The number of nitrogens with one attached hydrogen (secondary N) is 1. The van der Waals surface area contributed by atoms with E-state index in [1.54, 1.807) is 36.3 Å². The molecule has 1 heterocycles. The fourth-order valence-corrected chi connectivity index (χ4v) is 3.68. The SMILES string of the molecule is COc1ccc(N2CCN(C(=O)CNC(=O)c3ccc(Oc4ccccc4)cc3)CC2)cc1. The molecule has 7 heteroatoms. The maximum absolute atomic E-state index is 12.6. The number of rotatable bonds is 7. The van der Waals surface area contributed by atoms with Crippen molar-refractivity contribution in [3.63, 3.8) is 0 Å². The van der Waals surface area contributed by atoms with Gasteiger partial charge < -0.3 is 24.6 Å². The van der Waals surface area contributed by atoms with Gasteiger partial charge in [0, 0.05) is 37.4 Å². The molecule has 4 rings (SSSR count). The maximum Gasteiger partial charge on any atom is 0.251 e. The van der Waals surface area contributed by atoms with Gasteiger partial charge in [-0.2, -0.15) is 0 Å². The van der Waals surface area contributed by atoms with E-state index in [0.717, 1.165) is 30.3 Å². The van der Waals surface area contributed by atoms with E-state index in [1.807, 2.05) is 54.6 Å². The lowest BCUT2D eigenvalue weighted by Gasteiger charge is -2.36. The Morgan fingerprint density at radius 2 is 1.39 bits per heavy atom. The van der Waals surface area contributed by atoms with Gasteiger partial charge in [-0.15, -0.1) is 0 Å². The van der Waals surface area contributed by atoms with Crippen molar-refractivity contribution in [2.45, 2.75) is 0 Å². The van der Waals surface area contributed by atoms with Crippen LogP contribution in [0.3, 0.4) is 0 Å². The van der Waals surface area contributed by atoms with E-state index >= 15 is 0 Å². The van der Waals surface area contributed by atoms with Gasteiger partial charge in [0.1, 0.15) is 17.2 Å². The highest BCUT2D eigenvalue weighted by molar-refractivity contribution is 5.96. The number of ether oxygens (including phenoxy) is 2. The molecule has 0 saturated carbocycles. The van der Waals surface area contributed by atoms with Crippen molar-refractivity contribution in [1.29, 1.82) is 0 Å². The molecule has 0 atom stereocenters. The lowest BCUT2D eigenvalue weighted by Crippen LogP contribution is -2.51. The maximum atomic E-state index is 12.6. The molecule has 1 saturated heterocycles. The molecule has 7 nitrogen and oxygen atoms in total. The molecule has 1 fully saturated rings. The van der Waals surface area contributed by atoms with Gasteiger partial charge in [0.25, 0.3) is 5.91 Å². The molecule has 170 valence electrons. The third-order valence-corrected chi connectivity index (χ3v) is 5.57. The summed E-state index contributed by atoms with van der Waals surface area (Å²) in [5.74, 6) is 1.82. The molecule has 0 bridgehead atoms. The van der Waals surface area contributed by atoms with Crippen LogP contribution in [0.15, 0.2) is 78.9 Å². The number of carbonyl (C=O) groups excluding carboxylic acids is 2. The van der Waals surface area contributed by atoms with Crippen LogP contribution >= 0.6 is 0 Å². The van der Waals surface area contributed by atoms with Crippen LogP contribution in [0.1, 0.15) is 10.4 Å².